The van der Waals surface area contributed by atoms with Gasteiger partial charge in [-0.05, 0) is 17.7 Å². The van der Waals surface area contributed by atoms with Crippen LogP contribution in [0.5, 0.6) is 0 Å². The molecular weight excluding hydrogens is 411 g/mol. The molecule has 0 saturated carbocycles. The van der Waals surface area contributed by atoms with Crippen LogP contribution in [0.25, 0.3) is 0 Å². The van der Waals surface area contributed by atoms with Crippen molar-refractivity contribution < 1.29 is 14.2 Å². The van der Waals surface area contributed by atoms with Crippen molar-refractivity contribution in [3.05, 3.63) is 34.3 Å². The summed E-state index contributed by atoms with van der Waals surface area (Å²) in [5, 5.41) is 0. The van der Waals surface area contributed by atoms with Crippen molar-refractivity contribution >= 4 is 38.5 Å². The highest BCUT2D eigenvalue weighted by atomic mass is 127. The Morgan fingerprint density at radius 3 is 2.39 bits per heavy atom. The molecule has 0 aromatic heterocycles. The summed E-state index contributed by atoms with van der Waals surface area (Å²) in [5.74, 6) is 0. The highest BCUT2D eigenvalue weighted by Crippen LogP contribution is 2.21. The largest absolute Gasteiger partial charge is 0.382 e. The van der Waals surface area contributed by atoms with Crippen LogP contribution in [0, 0.1) is 0 Å². The Bertz CT molecular complexity index is 319. The fourth-order valence-corrected chi connectivity index (χ4v) is 2.43. The monoisotopic (exact) mass is 428 g/mol. The SMILES string of the molecule is COCCOCCOC(CI)c1ccc(Br)cc1. The molecule has 0 heterocycles. The Morgan fingerprint density at radius 2 is 1.78 bits per heavy atom. The first-order valence-electron chi connectivity index (χ1n) is 5.77. The molecule has 3 nitrogen and oxygen atoms in total. The van der Waals surface area contributed by atoms with E-state index in [2.05, 4.69) is 50.7 Å². The first-order valence-corrected chi connectivity index (χ1v) is 8.09. The molecule has 0 amide bonds. The first-order chi connectivity index (χ1) is 8.77. The molecule has 1 unspecified atom stereocenters. The van der Waals surface area contributed by atoms with Crippen LogP contribution in [0.2, 0.25) is 0 Å². The molecule has 0 spiro atoms. The van der Waals surface area contributed by atoms with Gasteiger partial charge in [0.1, 0.15) is 0 Å². The Morgan fingerprint density at radius 1 is 1.11 bits per heavy atom. The predicted octanol–water partition coefficient (Wildman–Crippen LogP) is 3.60. The van der Waals surface area contributed by atoms with Gasteiger partial charge >= 0.3 is 0 Å². The maximum absolute atomic E-state index is 5.81. The van der Waals surface area contributed by atoms with E-state index in [9.17, 15) is 0 Å². The van der Waals surface area contributed by atoms with Gasteiger partial charge in [0.15, 0.2) is 0 Å². The number of hydrogen-bond acceptors (Lipinski definition) is 3. The van der Waals surface area contributed by atoms with E-state index in [1.165, 1.54) is 5.56 Å². The van der Waals surface area contributed by atoms with E-state index < -0.39 is 0 Å². The second kappa shape index (κ2) is 10.1. The second-order valence-corrected chi connectivity index (χ2v) is 5.47. The van der Waals surface area contributed by atoms with Gasteiger partial charge in [-0.3, -0.25) is 0 Å². The topological polar surface area (TPSA) is 27.7 Å². The standard InChI is InChI=1S/C13H18BrIO3/c1-16-6-7-17-8-9-18-13(10-15)11-2-4-12(14)5-3-11/h2-5,13H,6-10H2,1H3. The van der Waals surface area contributed by atoms with Crippen molar-refractivity contribution in [1.29, 1.82) is 0 Å². The molecule has 0 saturated heterocycles. The average molecular weight is 429 g/mol. The lowest BCUT2D eigenvalue weighted by atomic mass is 10.1. The van der Waals surface area contributed by atoms with Crippen LogP contribution in [0.3, 0.4) is 0 Å². The van der Waals surface area contributed by atoms with Crippen LogP contribution in [0.4, 0.5) is 0 Å². The molecule has 1 atom stereocenters. The summed E-state index contributed by atoms with van der Waals surface area (Å²) < 4.78 is 18.1. The van der Waals surface area contributed by atoms with Crippen LogP contribution in [-0.4, -0.2) is 38.0 Å². The summed E-state index contributed by atoms with van der Waals surface area (Å²) in [6.45, 7) is 2.45. The summed E-state index contributed by atoms with van der Waals surface area (Å²) >= 11 is 5.77. The summed E-state index contributed by atoms with van der Waals surface area (Å²) in [4.78, 5) is 0. The van der Waals surface area contributed by atoms with Crippen LogP contribution in [0.1, 0.15) is 11.7 Å². The minimum Gasteiger partial charge on any atom is -0.382 e. The van der Waals surface area contributed by atoms with Gasteiger partial charge in [-0.15, -0.1) is 0 Å². The number of alkyl halides is 1. The van der Waals surface area contributed by atoms with E-state index in [1.807, 2.05) is 12.1 Å². The fraction of sp³-hybridized carbons (Fsp3) is 0.538. The molecular formula is C13H18BrIO3. The van der Waals surface area contributed by atoms with E-state index in [4.69, 9.17) is 14.2 Å². The van der Waals surface area contributed by atoms with Crippen LogP contribution < -0.4 is 0 Å². The zero-order valence-corrected chi connectivity index (χ0v) is 14.1. The zero-order valence-electron chi connectivity index (χ0n) is 10.4. The maximum Gasteiger partial charge on any atom is 0.0915 e. The quantitative estimate of drug-likeness (QED) is 0.341. The van der Waals surface area contributed by atoms with Crippen LogP contribution >= 0.6 is 38.5 Å². The average Bonchev–Trinajstić information content (AvgIpc) is 2.39. The molecule has 5 heteroatoms. The molecule has 102 valence electrons. The van der Waals surface area contributed by atoms with Gasteiger partial charge in [0.25, 0.3) is 0 Å². The first kappa shape index (κ1) is 16.4. The van der Waals surface area contributed by atoms with E-state index in [0.29, 0.717) is 26.4 Å². The van der Waals surface area contributed by atoms with E-state index >= 15 is 0 Å². The van der Waals surface area contributed by atoms with Crippen molar-refractivity contribution in [2.75, 3.05) is 38.0 Å². The number of ether oxygens (including phenoxy) is 3. The minimum atomic E-state index is 0.129. The van der Waals surface area contributed by atoms with Gasteiger partial charge in [-0.25, -0.2) is 0 Å². The second-order valence-electron chi connectivity index (χ2n) is 3.67. The molecule has 0 aliphatic heterocycles. The lowest BCUT2D eigenvalue weighted by Gasteiger charge is -2.16. The lowest BCUT2D eigenvalue weighted by molar-refractivity contribution is 0.00122. The minimum absolute atomic E-state index is 0.129. The highest BCUT2D eigenvalue weighted by Gasteiger charge is 2.09. The van der Waals surface area contributed by atoms with Gasteiger partial charge in [0.2, 0.25) is 0 Å². The summed E-state index contributed by atoms with van der Waals surface area (Å²) in [6.07, 6.45) is 0.129. The van der Waals surface area contributed by atoms with E-state index in [-0.39, 0.29) is 6.10 Å². The molecule has 0 N–H and O–H groups in total. The molecule has 0 fully saturated rings. The molecule has 0 aliphatic carbocycles. The Kier molecular flexibility index (Phi) is 9.22. The molecule has 18 heavy (non-hydrogen) atoms. The molecule has 1 rings (SSSR count). The van der Waals surface area contributed by atoms with Crippen molar-refractivity contribution in [3.8, 4) is 0 Å². The summed E-state index contributed by atoms with van der Waals surface area (Å²) in [7, 11) is 1.67. The Labute approximate surface area is 130 Å². The predicted molar refractivity (Wildman–Crippen MR) is 84.4 cm³/mol. The number of methoxy groups -OCH3 is 1. The number of benzene rings is 1. The maximum atomic E-state index is 5.81. The van der Waals surface area contributed by atoms with Gasteiger partial charge < -0.3 is 14.2 Å². The van der Waals surface area contributed by atoms with Gasteiger partial charge in [-0.2, -0.15) is 0 Å². The van der Waals surface area contributed by atoms with Gasteiger partial charge in [0, 0.05) is 16.0 Å². The van der Waals surface area contributed by atoms with Crippen LogP contribution in [-0.2, 0) is 14.2 Å². The number of rotatable bonds is 9. The molecule has 0 radical (unpaired) electrons. The Balaban J connectivity index is 2.27. The van der Waals surface area contributed by atoms with Crippen LogP contribution in [0.15, 0.2) is 28.7 Å². The van der Waals surface area contributed by atoms with E-state index in [0.717, 1.165) is 8.90 Å². The van der Waals surface area contributed by atoms with Crippen molar-refractivity contribution in [1.82, 2.24) is 0 Å². The zero-order chi connectivity index (χ0) is 13.2. The normalized spacial score (nSPS) is 12.6. The smallest absolute Gasteiger partial charge is 0.0915 e. The van der Waals surface area contributed by atoms with E-state index in [1.54, 1.807) is 7.11 Å². The lowest BCUT2D eigenvalue weighted by Crippen LogP contribution is -2.12. The summed E-state index contributed by atoms with van der Waals surface area (Å²) in [6, 6.07) is 8.23. The number of halogens is 2. The molecule has 0 bridgehead atoms. The fourth-order valence-electron chi connectivity index (χ4n) is 1.40. The highest BCUT2D eigenvalue weighted by molar-refractivity contribution is 14.1. The Hall–Kier alpha value is 0.310. The van der Waals surface area contributed by atoms with Crippen molar-refractivity contribution in [2.45, 2.75) is 6.10 Å². The molecule has 1 aromatic rings. The van der Waals surface area contributed by atoms with Crippen molar-refractivity contribution in [3.63, 3.8) is 0 Å². The third kappa shape index (κ3) is 6.47. The van der Waals surface area contributed by atoms with Gasteiger partial charge in [0.05, 0.1) is 32.5 Å². The van der Waals surface area contributed by atoms with Crippen molar-refractivity contribution in [2.24, 2.45) is 0 Å². The molecule has 1 aromatic carbocycles. The third-order valence-corrected chi connectivity index (χ3v) is 3.69. The molecule has 0 aliphatic rings. The number of hydrogen-bond donors (Lipinski definition) is 0. The summed E-state index contributed by atoms with van der Waals surface area (Å²) in [5.41, 5.74) is 1.20. The third-order valence-electron chi connectivity index (χ3n) is 2.36. The van der Waals surface area contributed by atoms with Gasteiger partial charge in [-0.1, -0.05) is 50.7 Å².